The van der Waals surface area contributed by atoms with Crippen molar-refractivity contribution in [3.63, 3.8) is 0 Å². The van der Waals surface area contributed by atoms with Crippen molar-refractivity contribution in [2.24, 2.45) is 0 Å². The Bertz CT molecular complexity index is 481. The summed E-state index contributed by atoms with van der Waals surface area (Å²) >= 11 is 0. The Morgan fingerprint density at radius 3 is 2.58 bits per heavy atom. The third kappa shape index (κ3) is 3.56. The van der Waals surface area contributed by atoms with Crippen molar-refractivity contribution in [1.29, 1.82) is 0 Å². The molecule has 1 aromatic carbocycles. The number of nitrogens with one attached hydrogen (secondary N) is 2. The summed E-state index contributed by atoms with van der Waals surface area (Å²) in [5, 5.41) is 5.39. The molecule has 2 amide bonds. The maximum Gasteiger partial charge on any atom is 0.313 e. The first-order chi connectivity index (χ1) is 9.11. The maximum absolute atomic E-state index is 11.8. The number of hydrogen-bond donors (Lipinski definition) is 2. The van der Waals surface area contributed by atoms with Gasteiger partial charge in [-0.2, -0.15) is 0 Å². The zero-order valence-corrected chi connectivity index (χ0v) is 11.4. The third-order valence-corrected chi connectivity index (χ3v) is 3.47. The summed E-state index contributed by atoms with van der Waals surface area (Å²) in [6, 6.07) is 7.83. The number of benzene rings is 1. The summed E-state index contributed by atoms with van der Waals surface area (Å²) in [4.78, 5) is 23.4. The van der Waals surface area contributed by atoms with E-state index in [9.17, 15) is 9.59 Å². The minimum atomic E-state index is -0.581. The highest BCUT2D eigenvalue weighted by Crippen LogP contribution is 2.26. The summed E-state index contributed by atoms with van der Waals surface area (Å²) in [7, 11) is 0. The lowest BCUT2D eigenvalue weighted by Gasteiger charge is -2.15. The first-order valence-corrected chi connectivity index (χ1v) is 6.82. The number of amides is 2. The van der Waals surface area contributed by atoms with E-state index in [0.29, 0.717) is 5.92 Å². The molecule has 0 aromatic heterocycles. The lowest BCUT2D eigenvalue weighted by molar-refractivity contribution is -0.136. The Labute approximate surface area is 113 Å². The second kappa shape index (κ2) is 5.87. The van der Waals surface area contributed by atoms with Crippen LogP contribution >= 0.6 is 0 Å². The highest BCUT2D eigenvalue weighted by Gasteiger charge is 2.26. The zero-order valence-electron chi connectivity index (χ0n) is 11.4. The molecule has 1 aromatic rings. The van der Waals surface area contributed by atoms with Gasteiger partial charge in [0, 0.05) is 11.7 Å². The van der Waals surface area contributed by atoms with Gasteiger partial charge in [-0.3, -0.25) is 9.59 Å². The molecular weight excluding hydrogens is 240 g/mol. The fourth-order valence-corrected chi connectivity index (χ4v) is 1.92. The average Bonchev–Trinajstić information content (AvgIpc) is 3.22. The van der Waals surface area contributed by atoms with Gasteiger partial charge in [0.1, 0.15) is 0 Å². The number of anilines is 1. The largest absolute Gasteiger partial charge is 0.345 e. The summed E-state index contributed by atoms with van der Waals surface area (Å²) < 4.78 is 0. The van der Waals surface area contributed by atoms with Gasteiger partial charge in [0.2, 0.25) is 0 Å². The third-order valence-electron chi connectivity index (χ3n) is 3.47. The maximum atomic E-state index is 11.8. The molecule has 0 saturated heterocycles. The van der Waals surface area contributed by atoms with E-state index in [-0.39, 0.29) is 6.04 Å². The number of hydrogen-bond acceptors (Lipinski definition) is 2. The van der Waals surface area contributed by atoms with Gasteiger partial charge >= 0.3 is 11.8 Å². The number of para-hydroxylation sites is 1. The fourth-order valence-electron chi connectivity index (χ4n) is 1.92. The molecule has 0 bridgehead atoms. The van der Waals surface area contributed by atoms with Crippen molar-refractivity contribution in [2.45, 2.75) is 45.1 Å². The van der Waals surface area contributed by atoms with Crippen LogP contribution in [0.5, 0.6) is 0 Å². The second-order valence-corrected chi connectivity index (χ2v) is 5.10. The lowest BCUT2D eigenvalue weighted by atomic mass is 9.97. The van der Waals surface area contributed by atoms with E-state index in [0.717, 1.165) is 30.5 Å². The molecule has 0 radical (unpaired) electrons. The molecular formula is C15H20N2O2. The molecule has 1 fully saturated rings. The predicted octanol–water partition coefficient (Wildman–Crippen LogP) is 2.42. The number of carbonyl (C=O) groups excluding carboxylic acids is 2. The van der Waals surface area contributed by atoms with E-state index in [1.54, 1.807) is 0 Å². The molecule has 1 aliphatic carbocycles. The van der Waals surface area contributed by atoms with Gasteiger partial charge in [0.25, 0.3) is 0 Å². The van der Waals surface area contributed by atoms with Gasteiger partial charge < -0.3 is 10.6 Å². The molecule has 2 N–H and O–H groups in total. The van der Waals surface area contributed by atoms with Crippen LogP contribution in [0.2, 0.25) is 0 Å². The lowest BCUT2D eigenvalue weighted by Crippen LogP contribution is -2.36. The molecule has 1 atom stereocenters. The van der Waals surface area contributed by atoms with Crippen molar-refractivity contribution >= 4 is 17.5 Å². The average molecular weight is 260 g/mol. The predicted molar refractivity (Wildman–Crippen MR) is 74.9 cm³/mol. The van der Waals surface area contributed by atoms with Crippen molar-refractivity contribution < 1.29 is 9.59 Å². The molecule has 4 heteroatoms. The van der Waals surface area contributed by atoms with Crippen LogP contribution < -0.4 is 10.6 Å². The Morgan fingerprint density at radius 1 is 1.26 bits per heavy atom. The summed E-state index contributed by atoms with van der Waals surface area (Å²) in [6.45, 7) is 4.21. The highest BCUT2D eigenvalue weighted by molar-refractivity contribution is 6.39. The molecule has 2 rings (SSSR count). The van der Waals surface area contributed by atoms with Crippen LogP contribution in [0.1, 0.15) is 44.6 Å². The quantitative estimate of drug-likeness (QED) is 0.817. The van der Waals surface area contributed by atoms with Crippen LogP contribution in [-0.2, 0) is 9.59 Å². The van der Waals surface area contributed by atoms with Crippen molar-refractivity contribution in [3.8, 4) is 0 Å². The van der Waals surface area contributed by atoms with Crippen LogP contribution in [-0.4, -0.2) is 17.9 Å². The van der Waals surface area contributed by atoms with Crippen molar-refractivity contribution in [1.82, 2.24) is 5.32 Å². The molecule has 1 aliphatic rings. The molecule has 1 unspecified atom stereocenters. The van der Waals surface area contributed by atoms with Gasteiger partial charge in [-0.25, -0.2) is 0 Å². The molecule has 19 heavy (non-hydrogen) atoms. The monoisotopic (exact) mass is 260 g/mol. The van der Waals surface area contributed by atoms with Crippen molar-refractivity contribution in [2.75, 3.05) is 5.32 Å². The Morgan fingerprint density at radius 2 is 1.95 bits per heavy atom. The van der Waals surface area contributed by atoms with E-state index >= 15 is 0 Å². The second-order valence-electron chi connectivity index (χ2n) is 5.10. The van der Waals surface area contributed by atoms with E-state index in [4.69, 9.17) is 0 Å². The molecule has 0 spiro atoms. The standard InChI is InChI=1S/C15H20N2O2/c1-3-10(2)12-6-4-5-7-13(12)17-15(19)14(18)16-11-8-9-11/h4-7,10-11H,3,8-9H2,1-2H3,(H,16,18)(H,17,19). The summed E-state index contributed by atoms with van der Waals surface area (Å²) in [6.07, 6.45) is 2.94. The first-order valence-electron chi connectivity index (χ1n) is 6.82. The van der Waals surface area contributed by atoms with Crippen molar-refractivity contribution in [3.05, 3.63) is 29.8 Å². The highest BCUT2D eigenvalue weighted by atomic mass is 16.2. The molecule has 0 aliphatic heterocycles. The zero-order chi connectivity index (χ0) is 13.8. The van der Waals surface area contributed by atoms with Crippen LogP contribution in [0, 0.1) is 0 Å². The minimum Gasteiger partial charge on any atom is -0.345 e. The Hall–Kier alpha value is -1.84. The van der Waals surface area contributed by atoms with Gasteiger partial charge in [-0.1, -0.05) is 32.0 Å². The van der Waals surface area contributed by atoms with Gasteiger partial charge in [-0.05, 0) is 36.8 Å². The smallest absolute Gasteiger partial charge is 0.313 e. The molecule has 0 heterocycles. The SMILES string of the molecule is CCC(C)c1ccccc1NC(=O)C(=O)NC1CC1. The molecule has 4 nitrogen and oxygen atoms in total. The molecule has 1 saturated carbocycles. The van der Waals surface area contributed by atoms with Crippen LogP contribution in [0.15, 0.2) is 24.3 Å². The fraction of sp³-hybridized carbons (Fsp3) is 0.467. The summed E-state index contributed by atoms with van der Waals surface area (Å²) in [5.74, 6) is -0.771. The Balaban J connectivity index is 2.05. The summed E-state index contributed by atoms with van der Waals surface area (Å²) in [5.41, 5.74) is 1.80. The minimum absolute atomic E-state index is 0.197. The van der Waals surface area contributed by atoms with Crippen LogP contribution in [0.25, 0.3) is 0 Å². The van der Waals surface area contributed by atoms with Crippen LogP contribution in [0.4, 0.5) is 5.69 Å². The van der Waals surface area contributed by atoms with Gasteiger partial charge in [0.05, 0.1) is 0 Å². The molecule has 102 valence electrons. The van der Waals surface area contributed by atoms with E-state index < -0.39 is 11.8 Å². The topological polar surface area (TPSA) is 58.2 Å². The Kier molecular flexibility index (Phi) is 4.20. The van der Waals surface area contributed by atoms with E-state index in [1.165, 1.54) is 0 Å². The van der Waals surface area contributed by atoms with E-state index in [1.807, 2.05) is 24.3 Å². The van der Waals surface area contributed by atoms with Gasteiger partial charge in [0.15, 0.2) is 0 Å². The number of carbonyl (C=O) groups is 2. The normalized spacial score (nSPS) is 15.7. The van der Waals surface area contributed by atoms with Gasteiger partial charge in [-0.15, -0.1) is 0 Å². The number of rotatable bonds is 4. The van der Waals surface area contributed by atoms with Crippen LogP contribution in [0.3, 0.4) is 0 Å². The van der Waals surface area contributed by atoms with E-state index in [2.05, 4.69) is 24.5 Å². The first kappa shape index (κ1) is 13.6.